The number of nitrogens with zero attached hydrogens (tertiary/aromatic N) is 1. The lowest BCUT2D eigenvalue weighted by Crippen LogP contribution is -2.51. The standard InChI is InChI=1S/C23H34N2O/c1-3-25(4-2)21(18-8-6-5-7-9-18)15-24-23(26)22-19-11-16-10-17(13-19)14-20(22)12-16/h5-9,16-17,19-22H,3-4,10-15H2,1-2H3,(H,24,26). The Morgan fingerprint density at radius 2 is 1.58 bits per heavy atom. The lowest BCUT2D eigenvalue weighted by molar-refractivity contribution is -0.138. The Balaban J connectivity index is 1.43. The van der Waals surface area contributed by atoms with Gasteiger partial charge in [-0.2, -0.15) is 0 Å². The second-order valence-electron chi connectivity index (χ2n) is 8.85. The molecular weight excluding hydrogens is 320 g/mol. The third-order valence-corrected chi connectivity index (χ3v) is 7.44. The van der Waals surface area contributed by atoms with Crippen molar-refractivity contribution in [3.05, 3.63) is 35.9 Å². The van der Waals surface area contributed by atoms with E-state index in [2.05, 4.69) is 54.4 Å². The van der Waals surface area contributed by atoms with E-state index in [1.54, 1.807) is 0 Å². The predicted molar refractivity (Wildman–Crippen MR) is 106 cm³/mol. The number of hydrogen-bond donors (Lipinski definition) is 1. The van der Waals surface area contributed by atoms with Gasteiger partial charge in [0.15, 0.2) is 0 Å². The van der Waals surface area contributed by atoms with Gasteiger partial charge in [-0.15, -0.1) is 0 Å². The van der Waals surface area contributed by atoms with E-state index in [0.29, 0.717) is 17.7 Å². The van der Waals surface area contributed by atoms with E-state index in [4.69, 9.17) is 0 Å². The monoisotopic (exact) mass is 354 g/mol. The van der Waals surface area contributed by atoms with Crippen LogP contribution in [0.3, 0.4) is 0 Å². The van der Waals surface area contributed by atoms with Crippen LogP contribution >= 0.6 is 0 Å². The van der Waals surface area contributed by atoms with Gasteiger partial charge in [0, 0.05) is 12.5 Å². The molecule has 1 amide bonds. The zero-order chi connectivity index (χ0) is 18.1. The molecule has 1 aromatic carbocycles. The van der Waals surface area contributed by atoms with Crippen LogP contribution in [0.25, 0.3) is 0 Å². The quantitative estimate of drug-likeness (QED) is 0.793. The molecule has 0 aromatic heterocycles. The Bertz CT molecular complexity index is 582. The normalized spacial score (nSPS) is 33.4. The Morgan fingerprint density at radius 1 is 1.00 bits per heavy atom. The zero-order valence-corrected chi connectivity index (χ0v) is 16.4. The van der Waals surface area contributed by atoms with Crippen molar-refractivity contribution in [2.24, 2.45) is 29.6 Å². The van der Waals surface area contributed by atoms with Gasteiger partial charge in [0.25, 0.3) is 0 Å². The third kappa shape index (κ3) is 3.43. The first-order valence-electron chi connectivity index (χ1n) is 10.8. The van der Waals surface area contributed by atoms with Crippen LogP contribution in [0.1, 0.15) is 57.6 Å². The average Bonchev–Trinajstić information content (AvgIpc) is 2.65. The summed E-state index contributed by atoms with van der Waals surface area (Å²) in [6.45, 7) is 7.15. The summed E-state index contributed by atoms with van der Waals surface area (Å²) in [5, 5.41) is 3.38. The highest BCUT2D eigenvalue weighted by molar-refractivity contribution is 5.79. The number of hydrogen-bond acceptors (Lipinski definition) is 2. The highest BCUT2D eigenvalue weighted by Crippen LogP contribution is 2.56. The molecule has 4 saturated carbocycles. The predicted octanol–water partition coefficient (Wildman–Crippen LogP) is 4.26. The molecule has 4 aliphatic rings. The Labute approximate surface area is 158 Å². The Hall–Kier alpha value is -1.35. The lowest BCUT2D eigenvalue weighted by Gasteiger charge is -2.53. The van der Waals surface area contributed by atoms with Gasteiger partial charge in [-0.05, 0) is 74.4 Å². The van der Waals surface area contributed by atoms with Crippen molar-refractivity contribution in [1.82, 2.24) is 10.2 Å². The van der Waals surface area contributed by atoms with E-state index in [9.17, 15) is 4.79 Å². The number of rotatable bonds is 7. The van der Waals surface area contributed by atoms with E-state index in [1.165, 1.54) is 37.7 Å². The van der Waals surface area contributed by atoms with E-state index >= 15 is 0 Å². The lowest BCUT2D eigenvalue weighted by atomic mass is 9.51. The van der Waals surface area contributed by atoms with Gasteiger partial charge in [0.1, 0.15) is 0 Å². The molecule has 0 saturated heterocycles. The average molecular weight is 355 g/mol. The molecule has 0 heterocycles. The van der Waals surface area contributed by atoms with Crippen LogP contribution in [0, 0.1) is 29.6 Å². The molecule has 142 valence electrons. The van der Waals surface area contributed by atoms with Crippen LogP contribution in [0.5, 0.6) is 0 Å². The van der Waals surface area contributed by atoms with Gasteiger partial charge in [0.05, 0.1) is 6.04 Å². The summed E-state index contributed by atoms with van der Waals surface area (Å²) in [6, 6.07) is 10.9. The van der Waals surface area contributed by atoms with Crippen molar-refractivity contribution in [1.29, 1.82) is 0 Å². The fourth-order valence-corrected chi connectivity index (χ4v) is 6.47. The van der Waals surface area contributed by atoms with Gasteiger partial charge in [0.2, 0.25) is 5.91 Å². The first-order chi connectivity index (χ1) is 12.7. The van der Waals surface area contributed by atoms with Gasteiger partial charge in [-0.1, -0.05) is 44.2 Å². The summed E-state index contributed by atoms with van der Waals surface area (Å²) >= 11 is 0. The summed E-state index contributed by atoms with van der Waals surface area (Å²) in [4.78, 5) is 15.6. The van der Waals surface area contributed by atoms with Crippen LogP contribution in [0.4, 0.5) is 0 Å². The Kier molecular flexibility index (Phi) is 5.35. The smallest absolute Gasteiger partial charge is 0.223 e. The van der Waals surface area contributed by atoms with Crippen LogP contribution < -0.4 is 5.32 Å². The minimum atomic E-state index is 0.270. The second-order valence-corrected chi connectivity index (χ2v) is 8.85. The van der Waals surface area contributed by atoms with Crippen molar-refractivity contribution >= 4 is 5.91 Å². The van der Waals surface area contributed by atoms with E-state index in [-0.39, 0.29) is 12.0 Å². The minimum Gasteiger partial charge on any atom is -0.354 e. The van der Waals surface area contributed by atoms with Crippen LogP contribution in [0.2, 0.25) is 0 Å². The molecule has 4 bridgehead atoms. The molecule has 0 spiro atoms. The van der Waals surface area contributed by atoms with Crippen molar-refractivity contribution < 1.29 is 4.79 Å². The summed E-state index contributed by atoms with van der Waals surface area (Å²) < 4.78 is 0. The van der Waals surface area contributed by atoms with Crippen molar-refractivity contribution in [3.63, 3.8) is 0 Å². The number of benzene rings is 1. The molecule has 4 fully saturated rings. The molecule has 1 unspecified atom stereocenters. The molecule has 1 N–H and O–H groups in total. The Morgan fingerprint density at radius 3 is 2.12 bits per heavy atom. The third-order valence-electron chi connectivity index (χ3n) is 7.44. The van der Waals surface area contributed by atoms with Crippen molar-refractivity contribution in [3.8, 4) is 0 Å². The molecule has 1 atom stereocenters. The second kappa shape index (κ2) is 7.72. The number of likely N-dealkylation sites (N-methyl/N-ethyl adjacent to an activating group) is 1. The highest BCUT2D eigenvalue weighted by atomic mass is 16.1. The van der Waals surface area contributed by atoms with Gasteiger partial charge in [-0.25, -0.2) is 0 Å². The van der Waals surface area contributed by atoms with E-state index < -0.39 is 0 Å². The molecule has 4 aliphatic carbocycles. The SMILES string of the molecule is CCN(CC)C(CNC(=O)C1C2CC3CC(C2)CC1C3)c1ccccc1. The van der Waals surface area contributed by atoms with Gasteiger partial charge < -0.3 is 5.32 Å². The fraction of sp³-hybridized carbons (Fsp3) is 0.696. The molecule has 0 radical (unpaired) electrons. The summed E-state index contributed by atoms with van der Waals surface area (Å²) in [7, 11) is 0. The van der Waals surface area contributed by atoms with Gasteiger partial charge >= 0.3 is 0 Å². The largest absolute Gasteiger partial charge is 0.354 e. The minimum absolute atomic E-state index is 0.270. The van der Waals surface area contributed by atoms with Crippen LogP contribution in [-0.4, -0.2) is 30.4 Å². The number of nitrogens with one attached hydrogen (secondary N) is 1. The van der Waals surface area contributed by atoms with Crippen molar-refractivity contribution in [2.75, 3.05) is 19.6 Å². The van der Waals surface area contributed by atoms with Crippen LogP contribution in [0.15, 0.2) is 30.3 Å². The molecule has 3 heteroatoms. The fourth-order valence-electron chi connectivity index (χ4n) is 6.47. The molecule has 0 aliphatic heterocycles. The topological polar surface area (TPSA) is 32.3 Å². The van der Waals surface area contributed by atoms with E-state index in [0.717, 1.165) is 31.5 Å². The molecule has 5 rings (SSSR count). The first-order valence-corrected chi connectivity index (χ1v) is 10.8. The summed E-state index contributed by atoms with van der Waals surface area (Å²) in [5.41, 5.74) is 1.31. The maximum atomic E-state index is 13.1. The molecular formula is C23H34N2O. The molecule has 3 nitrogen and oxygen atoms in total. The number of amides is 1. The van der Waals surface area contributed by atoms with E-state index in [1.807, 2.05) is 0 Å². The molecule has 1 aromatic rings. The van der Waals surface area contributed by atoms with Gasteiger partial charge in [-0.3, -0.25) is 9.69 Å². The van der Waals surface area contributed by atoms with Crippen molar-refractivity contribution in [2.45, 2.75) is 52.0 Å². The van der Waals surface area contributed by atoms with Crippen LogP contribution in [-0.2, 0) is 4.79 Å². The maximum absolute atomic E-state index is 13.1. The molecule has 26 heavy (non-hydrogen) atoms. The summed E-state index contributed by atoms with van der Waals surface area (Å²) in [6.07, 6.45) is 6.68. The summed E-state index contributed by atoms with van der Waals surface area (Å²) in [5.74, 6) is 3.80. The number of carbonyl (C=O) groups excluding carboxylic acids is 1. The number of carbonyl (C=O) groups is 1. The first kappa shape index (κ1) is 18.0. The zero-order valence-electron chi connectivity index (χ0n) is 16.4. The maximum Gasteiger partial charge on any atom is 0.223 e. The highest BCUT2D eigenvalue weighted by Gasteiger charge is 2.50.